The number of nitriles is 1. The minimum atomic E-state index is -0.337. The van der Waals surface area contributed by atoms with Gasteiger partial charge in [0.1, 0.15) is 17.4 Å². The molecular weight excluding hydrogens is 459 g/mol. The van der Waals surface area contributed by atoms with Crippen molar-refractivity contribution in [2.45, 2.75) is 6.54 Å². The van der Waals surface area contributed by atoms with Crippen LogP contribution >= 0.6 is 0 Å². The quantitative estimate of drug-likeness (QED) is 0.336. The fourth-order valence-corrected chi connectivity index (χ4v) is 4.12. The predicted octanol–water partition coefficient (Wildman–Crippen LogP) is 5.30. The molecule has 0 saturated heterocycles. The summed E-state index contributed by atoms with van der Waals surface area (Å²) in [4.78, 5) is 6.91. The predicted molar refractivity (Wildman–Crippen MR) is 136 cm³/mol. The Labute approximate surface area is 209 Å². The molecule has 0 aliphatic heterocycles. The zero-order valence-electron chi connectivity index (χ0n) is 20.9. The van der Waals surface area contributed by atoms with E-state index in [2.05, 4.69) is 6.07 Å². The Morgan fingerprint density at radius 3 is 2.17 bits per heavy atom. The number of methoxy groups -OCH3 is 3. The van der Waals surface area contributed by atoms with Crippen LogP contribution < -0.4 is 14.2 Å². The number of hydrogen-bond acceptors (Lipinski definition) is 6. The van der Waals surface area contributed by atoms with Crippen molar-refractivity contribution in [3.05, 3.63) is 77.9 Å². The van der Waals surface area contributed by atoms with Gasteiger partial charge >= 0.3 is 0 Å². The van der Waals surface area contributed by atoms with E-state index in [1.54, 1.807) is 38.5 Å². The number of nitrogens with zero attached hydrogens (tertiary/aromatic N) is 4. The van der Waals surface area contributed by atoms with Crippen LogP contribution in [0.15, 0.2) is 60.8 Å². The lowest BCUT2D eigenvalue weighted by molar-refractivity contribution is 0.324. The maximum absolute atomic E-state index is 13.7. The monoisotopic (exact) mass is 486 g/mol. The van der Waals surface area contributed by atoms with Gasteiger partial charge < -0.3 is 23.7 Å². The van der Waals surface area contributed by atoms with Crippen LogP contribution in [-0.2, 0) is 6.54 Å². The molecule has 7 nitrogen and oxygen atoms in total. The third-order valence-electron chi connectivity index (χ3n) is 5.77. The number of halogens is 1. The van der Waals surface area contributed by atoms with E-state index in [1.807, 2.05) is 48.0 Å². The maximum atomic E-state index is 13.7. The first-order chi connectivity index (χ1) is 17.4. The van der Waals surface area contributed by atoms with E-state index in [1.165, 1.54) is 19.2 Å². The summed E-state index contributed by atoms with van der Waals surface area (Å²) in [7, 11) is 8.58. The van der Waals surface area contributed by atoms with E-state index in [4.69, 9.17) is 19.2 Å². The van der Waals surface area contributed by atoms with Gasteiger partial charge in [-0.25, -0.2) is 9.37 Å². The molecule has 0 radical (unpaired) electrons. The molecule has 0 unspecified atom stereocenters. The Morgan fingerprint density at radius 1 is 0.944 bits per heavy atom. The second kappa shape index (κ2) is 10.5. The van der Waals surface area contributed by atoms with E-state index < -0.39 is 0 Å². The first kappa shape index (κ1) is 24.8. The Kier molecular flexibility index (Phi) is 7.23. The molecule has 0 saturated carbocycles. The first-order valence-corrected chi connectivity index (χ1v) is 11.2. The highest BCUT2D eigenvalue weighted by Gasteiger charge is 2.21. The molecule has 2 heterocycles. The molecule has 184 valence electrons. The summed E-state index contributed by atoms with van der Waals surface area (Å²) in [6.45, 7) is 0.653. The number of pyridine rings is 1. The van der Waals surface area contributed by atoms with E-state index >= 15 is 0 Å². The number of benzene rings is 2. The summed E-state index contributed by atoms with van der Waals surface area (Å²) in [5.41, 5.74) is 3.98. The van der Waals surface area contributed by atoms with Crippen molar-refractivity contribution in [3.8, 4) is 51.5 Å². The summed E-state index contributed by atoms with van der Waals surface area (Å²) < 4.78 is 32.2. The first-order valence-electron chi connectivity index (χ1n) is 11.2. The molecule has 0 bridgehead atoms. The summed E-state index contributed by atoms with van der Waals surface area (Å²) in [5, 5.41) is 10.3. The highest BCUT2D eigenvalue weighted by molar-refractivity contribution is 5.81. The van der Waals surface area contributed by atoms with Crippen molar-refractivity contribution in [1.29, 1.82) is 5.26 Å². The Balaban J connectivity index is 2.05. The van der Waals surface area contributed by atoms with Crippen LogP contribution in [0.1, 0.15) is 11.3 Å². The van der Waals surface area contributed by atoms with Crippen LogP contribution in [0.3, 0.4) is 0 Å². The second-order valence-electron chi connectivity index (χ2n) is 8.39. The van der Waals surface area contributed by atoms with Crippen LogP contribution in [0.4, 0.5) is 4.39 Å². The molecule has 0 aliphatic rings. The average Bonchev–Trinajstić information content (AvgIpc) is 3.34. The minimum absolute atomic E-state index is 0.337. The van der Waals surface area contributed by atoms with E-state index in [-0.39, 0.29) is 5.82 Å². The Morgan fingerprint density at radius 2 is 1.61 bits per heavy atom. The van der Waals surface area contributed by atoms with Gasteiger partial charge in [-0.2, -0.15) is 5.26 Å². The smallest absolute Gasteiger partial charge is 0.203 e. The molecule has 0 atom stereocenters. The van der Waals surface area contributed by atoms with Gasteiger partial charge in [0.25, 0.3) is 0 Å². The highest BCUT2D eigenvalue weighted by Crippen LogP contribution is 2.43. The molecule has 0 amide bonds. The Hall–Kier alpha value is -4.35. The molecule has 0 N–H and O–H groups in total. The van der Waals surface area contributed by atoms with Crippen molar-refractivity contribution >= 4 is 0 Å². The number of hydrogen-bond donors (Lipinski definition) is 0. The lowest BCUT2D eigenvalue weighted by atomic mass is 9.97. The van der Waals surface area contributed by atoms with Crippen molar-refractivity contribution < 1.29 is 18.6 Å². The fourth-order valence-electron chi connectivity index (χ4n) is 4.12. The lowest BCUT2D eigenvalue weighted by Gasteiger charge is -2.19. The van der Waals surface area contributed by atoms with Crippen molar-refractivity contribution in [2.75, 3.05) is 35.4 Å². The Bertz CT molecular complexity index is 1400. The van der Waals surface area contributed by atoms with Crippen molar-refractivity contribution in [2.24, 2.45) is 0 Å². The van der Waals surface area contributed by atoms with Crippen LogP contribution in [0.5, 0.6) is 17.2 Å². The average molecular weight is 487 g/mol. The molecule has 4 rings (SSSR count). The number of ether oxygens (including phenoxy) is 3. The molecule has 2 aromatic carbocycles. The summed E-state index contributed by atoms with van der Waals surface area (Å²) in [6, 6.07) is 17.8. The van der Waals surface area contributed by atoms with E-state index in [9.17, 15) is 9.65 Å². The van der Waals surface area contributed by atoms with Crippen molar-refractivity contribution in [1.82, 2.24) is 14.5 Å². The normalized spacial score (nSPS) is 10.8. The molecule has 0 aliphatic carbocycles. The molecule has 0 fully saturated rings. The molecule has 8 heteroatoms. The molecule has 2 aromatic heterocycles. The SMILES string of the molecule is COc1cc(-c2cc(-c3ccc(F)cc3)nc(-n3cccc3CN(C)C)c2C#N)cc(OC)c1OC. The third kappa shape index (κ3) is 4.74. The van der Waals surface area contributed by atoms with Gasteiger partial charge in [0.15, 0.2) is 17.3 Å². The molecule has 0 spiro atoms. The van der Waals surface area contributed by atoms with Gasteiger partial charge in [0, 0.05) is 29.6 Å². The summed E-state index contributed by atoms with van der Waals surface area (Å²) >= 11 is 0. The topological polar surface area (TPSA) is 72.5 Å². The van der Waals surface area contributed by atoms with Gasteiger partial charge in [0.05, 0.1) is 27.0 Å². The standard InChI is InChI=1S/C28H27FN4O3/c1-32(2)17-21-7-6-12-33(21)28-23(16-30)22(15-24(31-28)18-8-10-20(29)11-9-18)19-13-25(34-3)27(36-5)26(14-19)35-4/h6-15H,17H2,1-5H3. The summed E-state index contributed by atoms with van der Waals surface area (Å²) in [6.07, 6.45) is 1.88. The number of aromatic nitrogens is 2. The van der Waals surface area contributed by atoms with Crippen LogP contribution in [0.2, 0.25) is 0 Å². The van der Waals surface area contributed by atoms with Gasteiger partial charge in [-0.15, -0.1) is 0 Å². The van der Waals surface area contributed by atoms with Gasteiger partial charge in [-0.3, -0.25) is 0 Å². The largest absolute Gasteiger partial charge is 0.493 e. The van der Waals surface area contributed by atoms with Crippen LogP contribution in [0.25, 0.3) is 28.2 Å². The van der Waals surface area contributed by atoms with E-state index in [0.717, 1.165) is 11.3 Å². The van der Waals surface area contributed by atoms with Gasteiger partial charge in [-0.1, -0.05) is 0 Å². The second-order valence-corrected chi connectivity index (χ2v) is 8.39. The number of rotatable bonds is 8. The molecular formula is C28H27FN4O3. The zero-order valence-corrected chi connectivity index (χ0v) is 20.9. The van der Waals surface area contributed by atoms with Crippen LogP contribution in [0, 0.1) is 17.1 Å². The summed E-state index contributed by atoms with van der Waals surface area (Å²) in [5.74, 6) is 1.52. The third-order valence-corrected chi connectivity index (χ3v) is 5.77. The maximum Gasteiger partial charge on any atom is 0.203 e. The molecule has 36 heavy (non-hydrogen) atoms. The van der Waals surface area contributed by atoms with Gasteiger partial charge in [-0.05, 0) is 74.3 Å². The minimum Gasteiger partial charge on any atom is -0.493 e. The van der Waals surface area contributed by atoms with Crippen LogP contribution in [-0.4, -0.2) is 49.9 Å². The van der Waals surface area contributed by atoms with E-state index in [0.29, 0.717) is 52.0 Å². The lowest BCUT2D eigenvalue weighted by Crippen LogP contribution is -2.15. The molecule has 4 aromatic rings. The fraction of sp³-hybridized carbons (Fsp3) is 0.214. The van der Waals surface area contributed by atoms with Gasteiger partial charge in [0.2, 0.25) is 5.75 Å². The van der Waals surface area contributed by atoms with Crippen molar-refractivity contribution in [3.63, 3.8) is 0 Å². The highest BCUT2D eigenvalue weighted by atomic mass is 19.1. The zero-order chi connectivity index (χ0) is 25.8.